The molecule has 0 amide bonds. The van der Waals surface area contributed by atoms with Gasteiger partial charge in [0.25, 0.3) is 0 Å². The van der Waals surface area contributed by atoms with E-state index in [2.05, 4.69) is 43.4 Å². The number of rotatable bonds is 6. The Hall–Kier alpha value is -0.770. The summed E-state index contributed by atoms with van der Waals surface area (Å²) in [4.78, 5) is 7.29. The highest BCUT2D eigenvalue weighted by molar-refractivity contribution is 5.80. The topological polar surface area (TPSA) is 39.7 Å². The number of nitrogens with one attached hydrogen (secondary N) is 2. The zero-order valence-electron chi connectivity index (χ0n) is 14.4. The molecule has 4 nitrogen and oxygen atoms in total. The summed E-state index contributed by atoms with van der Waals surface area (Å²) in [7, 11) is 2.24. The van der Waals surface area contributed by atoms with Gasteiger partial charge in [0.1, 0.15) is 0 Å². The Morgan fingerprint density at radius 2 is 1.86 bits per heavy atom. The van der Waals surface area contributed by atoms with Crippen molar-refractivity contribution >= 4 is 5.96 Å². The Morgan fingerprint density at radius 3 is 2.43 bits per heavy atom. The molecule has 0 heterocycles. The van der Waals surface area contributed by atoms with E-state index in [0.29, 0.717) is 12.1 Å². The van der Waals surface area contributed by atoms with Gasteiger partial charge in [-0.15, -0.1) is 0 Å². The standard InChI is InChI=1S/C17H34N4/c1-5-18-17(20-15-8-6-13(2)7-9-15)19-12-14(3)21(4)16-10-11-16/h13-16H,5-12H2,1-4H3,(H2,18,19,20). The second-order valence-corrected chi connectivity index (χ2v) is 7.07. The Labute approximate surface area is 130 Å². The SMILES string of the molecule is CCNC(=NCC(C)N(C)C1CC1)NC1CCC(C)CC1. The Kier molecular flexibility index (Phi) is 6.34. The van der Waals surface area contributed by atoms with Gasteiger partial charge in [0.2, 0.25) is 0 Å². The van der Waals surface area contributed by atoms with Crippen molar-refractivity contribution in [1.82, 2.24) is 15.5 Å². The van der Waals surface area contributed by atoms with Crippen LogP contribution in [0.5, 0.6) is 0 Å². The molecule has 0 aromatic heterocycles. The predicted molar refractivity (Wildman–Crippen MR) is 90.8 cm³/mol. The van der Waals surface area contributed by atoms with Gasteiger partial charge >= 0.3 is 0 Å². The summed E-state index contributed by atoms with van der Waals surface area (Å²) in [6.45, 7) is 8.60. The molecule has 2 rings (SSSR count). The average molecular weight is 294 g/mol. The van der Waals surface area contributed by atoms with E-state index < -0.39 is 0 Å². The fourth-order valence-electron chi connectivity index (χ4n) is 3.11. The molecule has 0 spiro atoms. The Bertz CT molecular complexity index is 330. The van der Waals surface area contributed by atoms with E-state index in [0.717, 1.165) is 31.0 Å². The minimum atomic E-state index is 0.527. The lowest BCUT2D eigenvalue weighted by Gasteiger charge is -2.29. The lowest BCUT2D eigenvalue weighted by atomic mass is 9.87. The summed E-state index contributed by atoms with van der Waals surface area (Å²) in [6.07, 6.45) is 7.98. The van der Waals surface area contributed by atoms with Crippen molar-refractivity contribution in [2.24, 2.45) is 10.9 Å². The molecule has 0 aromatic carbocycles. The van der Waals surface area contributed by atoms with Crippen LogP contribution in [0.1, 0.15) is 59.3 Å². The van der Waals surface area contributed by atoms with Crippen molar-refractivity contribution in [2.45, 2.75) is 77.4 Å². The molecule has 21 heavy (non-hydrogen) atoms. The number of nitrogens with zero attached hydrogens (tertiary/aromatic N) is 2. The minimum Gasteiger partial charge on any atom is -0.357 e. The van der Waals surface area contributed by atoms with Crippen LogP contribution in [0.4, 0.5) is 0 Å². The van der Waals surface area contributed by atoms with Gasteiger partial charge in [-0.2, -0.15) is 0 Å². The van der Waals surface area contributed by atoms with Gasteiger partial charge in [0.15, 0.2) is 5.96 Å². The molecule has 2 N–H and O–H groups in total. The third kappa shape index (κ3) is 5.50. The first-order valence-electron chi connectivity index (χ1n) is 8.87. The van der Waals surface area contributed by atoms with E-state index in [-0.39, 0.29) is 0 Å². The van der Waals surface area contributed by atoms with Crippen molar-refractivity contribution in [1.29, 1.82) is 0 Å². The van der Waals surface area contributed by atoms with Gasteiger partial charge in [-0.1, -0.05) is 6.92 Å². The quantitative estimate of drug-likeness (QED) is 0.584. The molecule has 2 aliphatic carbocycles. The molecule has 0 bridgehead atoms. The molecule has 1 unspecified atom stereocenters. The van der Waals surface area contributed by atoms with Crippen molar-refractivity contribution in [3.63, 3.8) is 0 Å². The molecule has 1 atom stereocenters. The average Bonchev–Trinajstić information content (AvgIpc) is 3.31. The Balaban J connectivity index is 1.80. The molecular formula is C17H34N4. The number of hydrogen-bond donors (Lipinski definition) is 2. The van der Waals surface area contributed by atoms with Crippen molar-refractivity contribution < 1.29 is 0 Å². The normalized spacial score (nSPS) is 28.5. The van der Waals surface area contributed by atoms with E-state index in [1.807, 2.05) is 0 Å². The second-order valence-electron chi connectivity index (χ2n) is 7.07. The largest absolute Gasteiger partial charge is 0.357 e. The number of likely N-dealkylation sites (N-methyl/N-ethyl adjacent to an activating group) is 1. The van der Waals surface area contributed by atoms with Crippen LogP contribution in [0.15, 0.2) is 4.99 Å². The van der Waals surface area contributed by atoms with Gasteiger partial charge in [-0.3, -0.25) is 9.89 Å². The lowest BCUT2D eigenvalue weighted by Crippen LogP contribution is -2.45. The van der Waals surface area contributed by atoms with Gasteiger partial charge in [-0.25, -0.2) is 0 Å². The van der Waals surface area contributed by atoms with Crippen LogP contribution in [0.3, 0.4) is 0 Å². The summed E-state index contributed by atoms with van der Waals surface area (Å²) in [6, 6.07) is 1.94. The molecule has 2 saturated carbocycles. The molecule has 4 heteroatoms. The van der Waals surface area contributed by atoms with Crippen LogP contribution in [0.25, 0.3) is 0 Å². The zero-order chi connectivity index (χ0) is 15.2. The summed E-state index contributed by atoms with van der Waals surface area (Å²) in [5, 5.41) is 7.04. The first kappa shape index (κ1) is 16.6. The third-order valence-electron chi connectivity index (χ3n) is 5.03. The van der Waals surface area contributed by atoms with Crippen LogP contribution in [0.2, 0.25) is 0 Å². The van der Waals surface area contributed by atoms with E-state index in [9.17, 15) is 0 Å². The summed E-state index contributed by atoms with van der Waals surface area (Å²) < 4.78 is 0. The molecule has 2 aliphatic rings. The molecule has 122 valence electrons. The number of hydrogen-bond acceptors (Lipinski definition) is 2. The second kappa shape index (κ2) is 8.02. The maximum atomic E-state index is 4.81. The van der Waals surface area contributed by atoms with Gasteiger partial charge in [0.05, 0.1) is 6.54 Å². The molecule has 0 saturated heterocycles. The highest BCUT2D eigenvalue weighted by Gasteiger charge is 2.29. The molecule has 0 aliphatic heterocycles. The highest BCUT2D eigenvalue weighted by Crippen LogP contribution is 2.27. The van der Waals surface area contributed by atoms with Gasteiger partial charge in [-0.05, 0) is 65.3 Å². The number of guanidine groups is 1. The minimum absolute atomic E-state index is 0.527. The molecular weight excluding hydrogens is 260 g/mol. The van der Waals surface area contributed by atoms with E-state index in [1.54, 1.807) is 0 Å². The molecule has 0 aromatic rings. The van der Waals surface area contributed by atoms with Crippen molar-refractivity contribution in [2.75, 3.05) is 20.1 Å². The van der Waals surface area contributed by atoms with Gasteiger partial charge in [0, 0.05) is 24.7 Å². The van der Waals surface area contributed by atoms with Crippen molar-refractivity contribution in [3.05, 3.63) is 0 Å². The predicted octanol–water partition coefficient (Wildman–Crippen LogP) is 2.60. The fraction of sp³-hybridized carbons (Fsp3) is 0.941. The van der Waals surface area contributed by atoms with E-state index in [4.69, 9.17) is 4.99 Å². The van der Waals surface area contributed by atoms with Crippen LogP contribution in [-0.4, -0.2) is 49.1 Å². The maximum Gasteiger partial charge on any atom is 0.191 e. The summed E-state index contributed by atoms with van der Waals surface area (Å²) in [5.74, 6) is 1.91. The smallest absolute Gasteiger partial charge is 0.191 e. The zero-order valence-corrected chi connectivity index (χ0v) is 14.4. The van der Waals surface area contributed by atoms with Gasteiger partial charge < -0.3 is 10.6 Å². The third-order valence-corrected chi connectivity index (χ3v) is 5.03. The van der Waals surface area contributed by atoms with E-state index in [1.165, 1.54) is 38.5 Å². The first-order chi connectivity index (χ1) is 10.1. The van der Waals surface area contributed by atoms with Crippen molar-refractivity contribution in [3.8, 4) is 0 Å². The van der Waals surface area contributed by atoms with Crippen LogP contribution >= 0.6 is 0 Å². The number of aliphatic imine (C=N–C) groups is 1. The van der Waals surface area contributed by atoms with Crippen LogP contribution in [-0.2, 0) is 0 Å². The highest BCUT2D eigenvalue weighted by atomic mass is 15.2. The maximum absolute atomic E-state index is 4.81. The molecule has 2 fully saturated rings. The lowest BCUT2D eigenvalue weighted by molar-refractivity contribution is 0.253. The molecule has 0 radical (unpaired) electrons. The van der Waals surface area contributed by atoms with Crippen LogP contribution < -0.4 is 10.6 Å². The Morgan fingerprint density at radius 1 is 1.19 bits per heavy atom. The summed E-state index contributed by atoms with van der Waals surface area (Å²) in [5.41, 5.74) is 0. The summed E-state index contributed by atoms with van der Waals surface area (Å²) >= 11 is 0. The fourth-order valence-corrected chi connectivity index (χ4v) is 3.11. The van der Waals surface area contributed by atoms with E-state index >= 15 is 0 Å². The van der Waals surface area contributed by atoms with Crippen LogP contribution in [0, 0.1) is 5.92 Å². The monoisotopic (exact) mass is 294 g/mol. The first-order valence-corrected chi connectivity index (χ1v) is 8.87.